The van der Waals surface area contributed by atoms with E-state index in [9.17, 15) is 18.0 Å². The van der Waals surface area contributed by atoms with Crippen LogP contribution in [0.1, 0.15) is 5.56 Å². The molecule has 0 atom stereocenters. The van der Waals surface area contributed by atoms with Gasteiger partial charge in [0.15, 0.2) is 6.61 Å². The first-order chi connectivity index (χ1) is 8.88. The van der Waals surface area contributed by atoms with Crippen molar-refractivity contribution in [2.75, 3.05) is 19.0 Å². The Hall–Kier alpha value is -2.43. The van der Waals surface area contributed by atoms with Crippen molar-refractivity contribution in [2.45, 2.75) is 6.18 Å². The average Bonchev–Trinajstić information content (AvgIpc) is 2.35. The molecule has 102 valence electrons. The zero-order valence-electron chi connectivity index (χ0n) is 9.75. The number of terminal acetylenes is 1. The molecule has 0 radical (unpaired) electrons. The monoisotopic (exact) mass is 274 g/mol. The molecule has 0 aliphatic rings. The highest BCUT2D eigenvalue weighted by molar-refractivity contribution is 5.86. The van der Waals surface area contributed by atoms with Gasteiger partial charge in [0.05, 0.1) is 12.7 Å². The third-order valence-electron chi connectivity index (χ3n) is 1.90. The average molecular weight is 274 g/mol. The Morgan fingerprint density at radius 2 is 2.26 bits per heavy atom. The molecular formula is C11H9F3N2O3. The Morgan fingerprint density at radius 3 is 2.79 bits per heavy atom. The van der Waals surface area contributed by atoms with Gasteiger partial charge in [-0.2, -0.15) is 13.2 Å². The normalized spacial score (nSPS) is 10.5. The first-order valence-electron chi connectivity index (χ1n) is 4.87. The van der Waals surface area contributed by atoms with E-state index >= 15 is 0 Å². The predicted molar refractivity (Wildman–Crippen MR) is 59.6 cm³/mol. The quantitative estimate of drug-likeness (QED) is 0.859. The third kappa shape index (κ3) is 4.06. The highest BCUT2D eigenvalue weighted by atomic mass is 19.4. The van der Waals surface area contributed by atoms with Crippen LogP contribution in [0, 0.1) is 12.3 Å². The summed E-state index contributed by atoms with van der Waals surface area (Å²) < 4.78 is 46.7. The first-order valence-corrected chi connectivity index (χ1v) is 4.87. The summed E-state index contributed by atoms with van der Waals surface area (Å²) in [6.07, 6.45) is -0.127. The molecule has 0 fully saturated rings. The number of halogens is 3. The Morgan fingerprint density at radius 1 is 1.58 bits per heavy atom. The van der Waals surface area contributed by atoms with Crippen molar-refractivity contribution in [3.8, 4) is 18.2 Å². The molecule has 8 heteroatoms. The number of rotatable bonds is 3. The molecule has 19 heavy (non-hydrogen) atoms. The van der Waals surface area contributed by atoms with Crippen LogP contribution in [-0.4, -0.2) is 24.8 Å². The number of pyridine rings is 1. The van der Waals surface area contributed by atoms with Gasteiger partial charge in [0, 0.05) is 6.20 Å². The van der Waals surface area contributed by atoms with Crippen molar-refractivity contribution in [1.29, 1.82) is 0 Å². The maximum Gasteiger partial charge on any atom is 0.417 e. The Balaban J connectivity index is 2.97. The fourth-order valence-corrected chi connectivity index (χ4v) is 1.11. The third-order valence-corrected chi connectivity index (χ3v) is 1.90. The fourth-order valence-electron chi connectivity index (χ4n) is 1.11. The first kappa shape index (κ1) is 14.6. The van der Waals surface area contributed by atoms with Crippen molar-refractivity contribution in [2.24, 2.45) is 0 Å². The summed E-state index contributed by atoms with van der Waals surface area (Å²) >= 11 is 0. The maximum atomic E-state index is 12.5. The van der Waals surface area contributed by atoms with E-state index in [2.05, 4.69) is 15.0 Å². The summed E-state index contributed by atoms with van der Waals surface area (Å²) in [6.45, 7) is -0.305. The number of carbonyl (C=O) groups excluding carboxylic acids is 1. The molecule has 0 saturated heterocycles. The number of alkyl halides is 3. The Bertz CT molecular complexity index is 509. The molecule has 1 amide bonds. The molecule has 1 aromatic rings. The number of nitrogens with one attached hydrogen (secondary N) is 1. The van der Waals surface area contributed by atoms with Gasteiger partial charge >= 0.3 is 12.3 Å². The second kappa shape index (κ2) is 5.95. The number of anilines is 1. The van der Waals surface area contributed by atoms with Gasteiger partial charge in [-0.25, -0.2) is 9.78 Å². The minimum absolute atomic E-state index is 0.175. The van der Waals surface area contributed by atoms with E-state index in [1.54, 1.807) is 0 Å². The van der Waals surface area contributed by atoms with Gasteiger partial charge in [0.2, 0.25) is 5.88 Å². The number of aromatic nitrogens is 1. The predicted octanol–water partition coefficient (Wildman–Crippen LogP) is 2.29. The lowest BCUT2D eigenvalue weighted by Crippen LogP contribution is -2.16. The summed E-state index contributed by atoms with van der Waals surface area (Å²) in [5.41, 5.74) is -1.29. The zero-order valence-corrected chi connectivity index (χ0v) is 9.75. The molecule has 1 heterocycles. The standard InChI is InChI=1S/C11H9F3N2O3/c1-3-4-19-10(17)16-8-5-7(11(12,13)14)6-15-9(8)18-2/h1,5-6H,4H2,2H3,(H,16,17). The van der Waals surface area contributed by atoms with Crippen molar-refractivity contribution in [3.05, 3.63) is 17.8 Å². The number of hydrogen-bond acceptors (Lipinski definition) is 4. The molecule has 5 nitrogen and oxygen atoms in total. The molecule has 0 saturated carbocycles. The van der Waals surface area contributed by atoms with E-state index < -0.39 is 17.8 Å². The summed E-state index contributed by atoms with van der Waals surface area (Å²) in [5, 5.41) is 2.06. The SMILES string of the molecule is C#CCOC(=O)Nc1cc(C(F)(F)F)cnc1OC. The van der Waals surface area contributed by atoms with Crippen LogP contribution < -0.4 is 10.1 Å². The van der Waals surface area contributed by atoms with Crippen molar-refractivity contribution < 1.29 is 27.4 Å². The molecule has 0 aliphatic heterocycles. The van der Waals surface area contributed by atoms with Gasteiger partial charge in [0.1, 0.15) is 5.69 Å². The summed E-state index contributed by atoms with van der Waals surface area (Å²) in [7, 11) is 1.20. The van der Waals surface area contributed by atoms with E-state index in [1.807, 2.05) is 5.92 Å². The second-order valence-electron chi connectivity index (χ2n) is 3.18. The van der Waals surface area contributed by atoms with Crippen LogP contribution in [0.5, 0.6) is 5.88 Å². The van der Waals surface area contributed by atoms with Gasteiger partial charge in [-0.05, 0) is 6.07 Å². The van der Waals surface area contributed by atoms with Crippen molar-refractivity contribution in [3.63, 3.8) is 0 Å². The number of carbonyl (C=O) groups is 1. The van der Waals surface area contributed by atoms with Crippen LogP contribution in [0.25, 0.3) is 0 Å². The summed E-state index contributed by atoms with van der Waals surface area (Å²) in [5.74, 6) is 1.86. The largest absolute Gasteiger partial charge is 0.480 e. The van der Waals surface area contributed by atoms with Crippen LogP contribution in [0.4, 0.5) is 23.7 Å². The molecule has 1 rings (SSSR count). The van der Waals surface area contributed by atoms with E-state index in [1.165, 1.54) is 7.11 Å². The molecule has 0 unspecified atom stereocenters. The van der Waals surface area contributed by atoms with E-state index in [4.69, 9.17) is 11.2 Å². The number of hydrogen-bond donors (Lipinski definition) is 1. The number of nitrogens with zero attached hydrogens (tertiary/aromatic N) is 1. The van der Waals surface area contributed by atoms with Crippen LogP contribution in [0.15, 0.2) is 12.3 Å². The molecule has 0 aromatic carbocycles. The highest BCUT2D eigenvalue weighted by Gasteiger charge is 2.32. The van der Waals surface area contributed by atoms with Crippen LogP contribution >= 0.6 is 0 Å². The number of amides is 1. The number of ether oxygens (including phenoxy) is 2. The lowest BCUT2D eigenvalue weighted by molar-refractivity contribution is -0.137. The van der Waals surface area contributed by atoms with Gasteiger partial charge < -0.3 is 9.47 Å². The molecule has 0 spiro atoms. The molecule has 0 aliphatic carbocycles. The van der Waals surface area contributed by atoms with Crippen molar-refractivity contribution >= 4 is 11.8 Å². The minimum atomic E-state index is -4.58. The molecular weight excluding hydrogens is 265 g/mol. The maximum absolute atomic E-state index is 12.5. The topological polar surface area (TPSA) is 60.5 Å². The van der Waals surface area contributed by atoms with Gasteiger partial charge in [-0.3, -0.25) is 5.32 Å². The Labute approximate surface area is 106 Å². The van der Waals surface area contributed by atoms with Crippen LogP contribution in [-0.2, 0) is 10.9 Å². The summed E-state index contributed by atoms with van der Waals surface area (Å²) in [6, 6.07) is 0.683. The van der Waals surface area contributed by atoms with E-state index in [0.717, 1.165) is 0 Å². The Kier molecular flexibility index (Phi) is 4.58. The molecule has 1 N–H and O–H groups in total. The molecule has 1 aromatic heterocycles. The minimum Gasteiger partial charge on any atom is -0.480 e. The lowest BCUT2D eigenvalue weighted by Gasteiger charge is -2.12. The van der Waals surface area contributed by atoms with E-state index in [-0.39, 0.29) is 18.2 Å². The summed E-state index contributed by atoms with van der Waals surface area (Å²) in [4.78, 5) is 14.7. The van der Waals surface area contributed by atoms with Crippen molar-refractivity contribution in [1.82, 2.24) is 4.98 Å². The van der Waals surface area contributed by atoms with E-state index in [0.29, 0.717) is 12.3 Å². The smallest absolute Gasteiger partial charge is 0.417 e. The second-order valence-corrected chi connectivity index (χ2v) is 3.18. The number of methoxy groups -OCH3 is 1. The fraction of sp³-hybridized carbons (Fsp3) is 0.273. The highest BCUT2D eigenvalue weighted by Crippen LogP contribution is 2.33. The zero-order chi connectivity index (χ0) is 14.5. The molecule has 0 bridgehead atoms. The van der Waals surface area contributed by atoms with Crippen LogP contribution in [0.2, 0.25) is 0 Å². The lowest BCUT2D eigenvalue weighted by atomic mass is 10.2. The van der Waals surface area contributed by atoms with Gasteiger partial charge in [-0.15, -0.1) is 6.42 Å². The van der Waals surface area contributed by atoms with Crippen LogP contribution in [0.3, 0.4) is 0 Å². The van der Waals surface area contributed by atoms with Gasteiger partial charge in [0.25, 0.3) is 0 Å². The van der Waals surface area contributed by atoms with Gasteiger partial charge in [-0.1, -0.05) is 5.92 Å².